The fourth-order valence-corrected chi connectivity index (χ4v) is 3.90. The summed E-state index contributed by atoms with van der Waals surface area (Å²) in [5, 5.41) is 6.02. The van der Waals surface area contributed by atoms with Gasteiger partial charge in [0.1, 0.15) is 0 Å². The van der Waals surface area contributed by atoms with Crippen molar-refractivity contribution >= 4 is 29.3 Å². The van der Waals surface area contributed by atoms with Crippen LogP contribution in [0.15, 0.2) is 29.2 Å². The Kier molecular flexibility index (Phi) is 8.15. The summed E-state index contributed by atoms with van der Waals surface area (Å²) in [5.74, 6) is -0.125. The molecule has 1 unspecified atom stereocenters. The summed E-state index contributed by atoms with van der Waals surface area (Å²) < 4.78 is 0. The maximum Gasteiger partial charge on any atom is 0.279 e. The van der Waals surface area contributed by atoms with E-state index in [9.17, 15) is 9.59 Å². The minimum atomic E-state index is -0.269. The van der Waals surface area contributed by atoms with Crippen molar-refractivity contribution in [2.24, 2.45) is 5.41 Å². The SMILES string of the molecule is CSc1ccccc1NC(=O)C[NH+](C)CC(=O)NC(C)(C)CC(C)(C)C. The van der Waals surface area contributed by atoms with Crippen molar-refractivity contribution in [3.63, 3.8) is 0 Å². The second-order valence-electron chi connectivity index (χ2n) is 8.73. The van der Waals surface area contributed by atoms with Crippen molar-refractivity contribution in [3.8, 4) is 0 Å². The lowest BCUT2D eigenvalue weighted by Crippen LogP contribution is -3.11. The second kappa shape index (κ2) is 9.42. The Labute approximate surface area is 162 Å². The van der Waals surface area contributed by atoms with E-state index >= 15 is 0 Å². The van der Waals surface area contributed by atoms with Gasteiger partial charge in [0.05, 0.1) is 12.7 Å². The molecule has 1 aromatic carbocycles. The summed E-state index contributed by atoms with van der Waals surface area (Å²) in [6.07, 6.45) is 2.86. The Balaban J connectivity index is 2.51. The third kappa shape index (κ3) is 8.72. The van der Waals surface area contributed by atoms with Gasteiger partial charge in [-0.15, -0.1) is 11.8 Å². The van der Waals surface area contributed by atoms with Crippen LogP contribution in [0.2, 0.25) is 0 Å². The molecule has 146 valence electrons. The first-order valence-corrected chi connectivity index (χ1v) is 10.2. The van der Waals surface area contributed by atoms with E-state index in [4.69, 9.17) is 0 Å². The predicted octanol–water partition coefficient (Wildman–Crippen LogP) is 2.19. The van der Waals surface area contributed by atoms with Crippen LogP contribution in [-0.4, -0.2) is 43.7 Å². The molecule has 0 aromatic heterocycles. The number of thioether (sulfide) groups is 1. The van der Waals surface area contributed by atoms with Crippen molar-refractivity contribution in [2.45, 2.75) is 51.5 Å². The van der Waals surface area contributed by atoms with Crippen LogP contribution in [0, 0.1) is 5.41 Å². The Bertz CT molecular complexity index is 624. The van der Waals surface area contributed by atoms with E-state index in [0.29, 0.717) is 0 Å². The molecule has 0 bridgehead atoms. The van der Waals surface area contributed by atoms with Crippen LogP contribution in [0.3, 0.4) is 0 Å². The van der Waals surface area contributed by atoms with Gasteiger partial charge in [0, 0.05) is 10.4 Å². The molecule has 5 nitrogen and oxygen atoms in total. The molecule has 0 saturated carbocycles. The highest BCUT2D eigenvalue weighted by molar-refractivity contribution is 7.98. The zero-order chi connectivity index (χ0) is 20.0. The van der Waals surface area contributed by atoms with Crippen molar-refractivity contribution in [1.82, 2.24) is 5.32 Å². The van der Waals surface area contributed by atoms with E-state index in [1.54, 1.807) is 11.8 Å². The van der Waals surface area contributed by atoms with E-state index in [1.165, 1.54) is 0 Å². The number of hydrogen-bond donors (Lipinski definition) is 3. The number of carbonyl (C=O) groups excluding carboxylic acids is 2. The summed E-state index contributed by atoms with van der Waals surface area (Å²) in [4.78, 5) is 26.5. The van der Waals surface area contributed by atoms with Gasteiger partial charge >= 0.3 is 0 Å². The number of hydrogen-bond acceptors (Lipinski definition) is 3. The highest BCUT2D eigenvalue weighted by Gasteiger charge is 2.28. The standard InChI is InChI=1S/C20H33N3O2S/c1-19(2,3)14-20(4,5)22-18(25)13-23(6)12-17(24)21-15-10-8-9-11-16(15)26-7/h8-11H,12-14H2,1-7H3,(H,21,24)(H,22,25)/p+1. The Morgan fingerprint density at radius 3 is 2.19 bits per heavy atom. The zero-order valence-corrected chi connectivity index (χ0v) is 18.0. The number of amides is 2. The highest BCUT2D eigenvalue weighted by Crippen LogP contribution is 2.26. The van der Waals surface area contributed by atoms with Gasteiger partial charge in [-0.3, -0.25) is 9.59 Å². The van der Waals surface area contributed by atoms with Gasteiger partial charge in [0.15, 0.2) is 13.1 Å². The normalized spacial score (nSPS) is 13.2. The van der Waals surface area contributed by atoms with E-state index in [2.05, 4.69) is 31.4 Å². The van der Waals surface area contributed by atoms with Crippen molar-refractivity contribution in [3.05, 3.63) is 24.3 Å². The van der Waals surface area contributed by atoms with Crippen LogP contribution in [0.1, 0.15) is 41.0 Å². The van der Waals surface area contributed by atoms with Gasteiger partial charge in [0.2, 0.25) is 0 Å². The van der Waals surface area contributed by atoms with Gasteiger partial charge in [-0.1, -0.05) is 32.9 Å². The summed E-state index contributed by atoms with van der Waals surface area (Å²) in [6, 6.07) is 7.71. The topological polar surface area (TPSA) is 62.6 Å². The molecule has 6 heteroatoms. The van der Waals surface area contributed by atoms with Gasteiger partial charge in [0.25, 0.3) is 11.8 Å². The lowest BCUT2D eigenvalue weighted by atomic mass is 9.82. The molecule has 1 rings (SSSR count). The number of anilines is 1. The van der Waals surface area contributed by atoms with Crippen molar-refractivity contribution in [2.75, 3.05) is 31.7 Å². The molecule has 0 aliphatic heterocycles. The van der Waals surface area contributed by atoms with Crippen LogP contribution in [0.25, 0.3) is 0 Å². The number of quaternary nitrogens is 1. The average molecular weight is 381 g/mol. The molecule has 1 atom stereocenters. The maximum absolute atomic E-state index is 12.3. The molecule has 0 saturated heterocycles. The number of benzene rings is 1. The first kappa shape index (κ1) is 22.5. The van der Waals surface area contributed by atoms with Crippen LogP contribution in [0.4, 0.5) is 5.69 Å². The Morgan fingerprint density at radius 2 is 1.62 bits per heavy atom. The van der Waals surface area contributed by atoms with Crippen LogP contribution in [-0.2, 0) is 9.59 Å². The van der Waals surface area contributed by atoms with E-state index in [0.717, 1.165) is 21.9 Å². The third-order valence-electron chi connectivity index (χ3n) is 3.76. The smallest absolute Gasteiger partial charge is 0.279 e. The van der Waals surface area contributed by atoms with Crippen LogP contribution in [0.5, 0.6) is 0 Å². The van der Waals surface area contributed by atoms with Crippen LogP contribution >= 0.6 is 11.8 Å². The highest BCUT2D eigenvalue weighted by atomic mass is 32.2. The largest absolute Gasteiger partial charge is 0.346 e. The number of nitrogens with one attached hydrogen (secondary N) is 3. The van der Waals surface area contributed by atoms with Gasteiger partial charge in [-0.2, -0.15) is 0 Å². The lowest BCUT2D eigenvalue weighted by molar-refractivity contribution is -0.862. The molecule has 0 heterocycles. The molecule has 0 fully saturated rings. The molecule has 0 aliphatic carbocycles. The van der Waals surface area contributed by atoms with E-state index in [-0.39, 0.29) is 35.9 Å². The molecule has 0 radical (unpaired) electrons. The Morgan fingerprint density at radius 1 is 1.04 bits per heavy atom. The van der Waals surface area contributed by atoms with Crippen molar-refractivity contribution < 1.29 is 14.5 Å². The number of para-hydroxylation sites is 1. The van der Waals surface area contributed by atoms with Crippen molar-refractivity contribution in [1.29, 1.82) is 0 Å². The average Bonchev–Trinajstić information content (AvgIpc) is 2.43. The number of rotatable bonds is 8. The molecule has 0 spiro atoms. The molecule has 2 amide bonds. The fourth-order valence-electron chi connectivity index (χ4n) is 3.34. The summed E-state index contributed by atoms with van der Waals surface area (Å²) in [6.45, 7) is 11.1. The quantitative estimate of drug-likeness (QED) is 0.606. The third-order valence-corrected chi connectivity index (χ3v) is 4.55. The van der Waals surface area contributed by atoms with E-state index in [1.807, 2.05) is 51.4 Å². The zero-order valence-electron chi connectivity index (χ0n) is 17.2. The van der Waals surface area contributed by atoms with Gasteiger partial charge in [-0.05, 0) is 44.1 Å². The first-order chi connectivity index (χ1) is 11.9. The fraction of sp³-hybridized carbons (Fsp3) is 0.600. The Hall–Kier alpha value is -1.53. The lowest BCUT2D eigenvalue weighted by Gasteiger charge is -2.33. The van der Waals surface area contributed by atoms with Gasteiger partial charge in [-0.25, -0.2) is 0 Å². The maximum atomic E-state index is 12.3. The molecular formula is C20H34N3O2S+. The number of carbonyl (C=O) groups is 2. The molecule has 3 N–H and O–H groups in total. The van der Waals surface area contributed by atoms with Gasteiger partial charge < -0.3 is 15.5 Å². The second-order valence-corrected chi connectivity index (χ2v) is 9.58. The summed E-state index contributed by atoms with van der Waals surface area (Å²) in [7, 11) is 1.86. The summed E-state index contributed by atoms with van der Waals surface area (Å²) >= 11 is 1.59. The minimum Gasteiger partial charge on any atom is -0.346 e. The molecular weight excluding hydrogens is 346 g/mol. The van der Waals surface area contributed by atoms with Crippen LogP contribution < -0.4 is 15.5 Å². The molecule has 1 aromatic rings. The predicted molar refractivity (Wildman–Crippen MR) is 110 cm³/mol. The number of likely N-dealkylation sites (N-methyl/N-ethyl adjacent to an activating group) is 1. The molecule has 0 aliphatic rings. The monoisotopic (exact) mass is 380 g/mol. The minimum absolute atomic E-state index is 0.0333. The van der Waals surface area contributed by atoms with E-state index < -0.39 is 0 Å². The summed E-state index contributed by atoms with van der Waals surface area (Å²) in [5.41, 5.74) is 0.684. The molecule has 26 heavy (non-hydrogen) atoms. The first-order valence-electron chi connectivity index (χ1n) is 8.97.